The SMILES string of the molecule is O=C(NCc1cccc(-c2cnc(NC3Cc4ccccc4C3)nc2)c1)N1CCc2[nH]nnc2C1. The van der Waals surface area contributed by atoms with E-state index in [1.165, 1.54) is 11.1 Å². The summed E-state index contributed by atoms with van der Waals surface area (Å²) in [6.45, 7) is 1.56. The number of fused-ring (bicyclic) bond motifs is 2. The second-order valence-electron chi connectivity index (χ2n) is 9.08. The molecule has 1 aliphatic heterocycles. The Morgan fingerprint density at radius 1 is 1.03 bits per heavy atom. The molecule has 0 saturated heterocycles. The molecule has 0 fully saturated rings. The van der Waals surface area contributed by atoms with Crippen molar-refractivity contribution in [3.63, 3.8) is 0 Å². The zero-order valence-electron chi connectivity index (χ0n) is 19.2. The molecule has 2 aliphatic rings. The van der Waals surface area contributed by atoms with Gasteiger partial charge in [-0.05, 0) is 41.2 Å². The highest BCUT2D eigenvalue weighted by molar-refractivity contribution is 5.74. The molecular formula is C26H26N8O. The Kier molecular flexibility index (Phi) is 5.57. The van der Waals surface area contributed by atoms with E-state index in [-0.39, 0.29) is 6.03 Å². The topological polar surface area (TPSA) is 112 Å². The molecule has 0 atom stereocenters. The van der Waals surface area contributed by atoms with E-state index in [9.17, 15) is 4.79 Å². The van der Waals surface area contributed by atoms with Gasteiger partial charge in [-0.2, -0.15) is 0 Å². The monoisotopic (exact) mass is 466 g/mol. The van der Waals surface area contributed by atoms with Gasteiger partial charge < -0.3 is 15.5 Å². The maximum atomic E-state index is 12.6. The first-order valence-corrected chi connectivity index (χ1v) is 11.9. The summed E-state index contributed by atoms with van der Waals surface area (Å²) < 4.78 is 0. The van der Waals surface area contributed by atoms with Crippen molar-refractivity contribution in [3.05, 3.63) is 89.0 Å². The Morgan fingerprint density at radius 3 is 2.63 bits per heavy atom. The fourth-order valence-electron chi connectivity index (χ4n) is 4.82. The Morgan fingerprint density at radius 2 is 1.83 bits per heavy atom. The molecule has 6 rings (SSSR count). The summed E-state index contributed by atoms with van der Waals surface area (Å²) in [4.78, 5) is 23.5. The number of nitrogens with zero attached hydrogens (tertiary/aromatic N) is 5. The normalized spacial score (nSPS) is 14.9. The van der Waals surface area contributed by atoms with Crippen LogP contribution in [0.15, 0.2) is 60.9 Å². The summed E-state index contributed by atoms with van der Waals surface area (Å²) >= 11 is 0. The molecule has 2 aromatic heterocycles. The summed E-state index contributed by atoms with van der Waals surface area (Å²) in [5, 5.41) is 17.2. The Labute approximate surface area is 203 Å². The molecule has 0 bridgehead atoms. The van der Waals surface area contributed by atoms with Gasteiger partial charge in [0.15, 0.2) is 0 Å². The van der Waals surface area contributed by atoms with Crippen molar-refractivity contribution in [3.8, 4) is 11.1 Å². The fraction of sp³-hybridized carbons (Fsp3) is 0.269. The number of anilines is 1. The molecule has 9 nitrogen and oxygen atoms in total. The van der Waals surface area contributed by atoms with Gasteiger partial charge in [-0.25, -0.2) is 14.8 Å². The number of carbonyl (C=O) groups excluding carboxylic acids is 1. The summed E-state index contributed by atoms with van der Waals surface area (Å²) in [6, 6.07) is 16.9. The van der Waals surface area contributed by atoms with Crippen LogP contribution in [0, 0.1) is 0 Å². The van der Waals surface area contributed by atoms with Crippen LogP contribution in [0.2, 0.25) is 0 Å². The summed E-state index contributed by atoms with van der Waals surface area (Å²) in [5.74, 6) is 0.645. The predicted molar refractivity (Wildman–Crippen MR) is 131 cm³/mol. The molecule has 1 aliphatic carbocycles. The lowest BCUT2D eigenvalue weighted by molar-refractivity contribution is 0.191. The van der Waals surface area contributed by atoms with E-state index < -0.39 is 0 Å². The van der Waals surface area contributed by atoms with Crippen molar-refractivity contribution in [2.24, 2.45) is 0 Å². The highest BCUT2D eigenvalue weighted by Crippen LogP contribution is 2.24. The zero-order chi connectivity index (χ0) is 23.6. The van der Waals surface area contributed by atoms with Crippen molar-refractivity contribution in [1.29, 1.82) is 0 Å². The fourth-order valence-corrected chi connectivity index (χ4v) is 4.82. The molecule has 0 radical (unpaired) electrons. The van der Waals surface area contributed by atoms with Crippen molar-refractivity contribution >= 4 is 12.0 Å². The van der Waals surface area contributed by atoms with Crippen molar-refractivity contribution in [2.75, 3.05) is 11.9 Å². The van der Waals surface area contributed by atoms with Crippen LogP contribution in [-0.2, 0) is 32.4 Å². The molecular weight excluding hydrogens is 440 g/mol. The predicted octanol–water partition coefficient (Wildman–Crippen LogP) is 3.11. The highest BCUT2D eigenvalue weighted by atomic mass is 16.2. The quantitative estimate of drug-likeness (QED) is 0.417. The minimum Gasteiger partial charge on any atom is -0.351 e. The number of aromatic amines is 1. The number of urea groups is 1. The number of carbonyl (C=O) groups is 1. The third-order valence-electron chi connectivity index (χ3n) is 6.70. The van der Waals surface area contributed by atoms with Crippen LogP contribution in [0.1, 0.15) is 28.1 Å². The van der Waals surface area contributed by atoms with Crippen molar-refractivity contribution in [2.45, 2.75) is 38.4 Å². The average molecular weight is 467 g/mol. The van der Waals surface area contributed by atoms with Gasteiger partial charge in [0, 0.05) is 43.5 Å². The van der Waals surface area contributed by atoms with Gasteiger partial charge >= 0.3 is 6.03 Å². The number of amides is 2. The van der Waals surface area contributed by atoms with E-state index in [1.54, 1.807) is 4.90 Å². The van der Waals surface area contributed by atoms with Gasteiger partial charge in [0.2, 0.25) is 5.95 Å². The largest absolute Gasteiger partial charge is 0.351 e. The van der Waals surface area contributed by atoms with E-state index in [1.807, 2.05) is 30.6 Å². The maximum Gasteiger partial charge on any atom is 0.318 e. The molecule has 9 heteroatoms. The van der Waals surface area contributed by atoms with Crippen LogP contribution in [0.4, 0.5) is 10.7 Å². The molecule has 3 N–H and O–H groups in total. The van der Waals surface area contributed by atoms with Crippen LogP contribution in [-0.4, -0.2) is 48.9 Å². The second-order valence-corrected chi connectivity index (χ2v) is 9.08. The average Bonchev–Trinajstić information content (AvgIpc) is 3.54. The molecule has 2 amide bonds. The lowest BCUT2D eigenvalue weighted by Crippen LogP contribution is -2.42. The zero-order valence-corrected chi connectivity index (χ0v) is 19.2. The van der Waals surface area contributed by atoms with E-state index in [4.69, 9.17) is 0 Å². The van der Waals surface area contributed by atoms with Crippen LogP contribution in [0.3, 0.4) is 0 Å². The standard InChI is InChI=1S/C26H26N8O/c35-26(34-9-8-23-24(16-34)32-33-31-23)29-13-17-4-3-7-18(10-17)21-14-27-25(28-15-21)30-22-11-19-5-1-2-6-20(19)12-22/h1-7,10,14-15,22H,8-9,11-13,16H2,(H,29,35)(H,27,28,30)(H,31,32,33). The highest BCUT2D eigenvalue weighted by Gasteiger charge is 2.23. The Balaban J connectivity index is 1.06. The third-order valence-corrected chi connectivity index (χ3v) is 6.70. The van der Waals surface area contributed by atoms with Gasteiger partial charge in [0.25, 0.3) is 0 Å². The van der Waals surface area contributed by atoms with E-state index >= 15 is 0 Å². The lowest BCUT2D eigenvalue weighted by Gasteiger charge is -2.25. The summed E-state index contributed by atoms with van der Waals surface area (Å²) in [7, 11) is 0. The molecule has 4 aromatic rings. The van der Waals surface area contributed by atoms with Crippen molar-refractivity contribution < 1.29 is 4.79 Å². The van der Waals surface area contributed by atoms with E-state index in [0.717, 1.165) is 47.3 Å². The number of hydrogen-bond donors (Lipinski definition) is 3. The van der Waals surface area contributed by atoms with Gasteiger partial charge in [0.1, 0.15) is 5.69 Å². The molecule has 35 heavy (non-hydrogen) atoms. The second kappa shape index (κ2) is 9.17. The minimum atomic E-state index is -0.100. The lowest BCUT2D eigenvalue weighted by atomic mass is 10.1. The van der Waals surface area contributed by atoms with Crippen LogP contribution >= 0.6 is 0 Å². The molecule has 0 unspecified atom stereocenters. The Hall–Kier alpha value is -4.27. The number of rotatable bonds is 5. The van der Waals surface area contributed by atoms with Gasteiger partial charge in [-0.3, -0.25) is 5.10 Å². The number of H-pyrrole nitrogens is 1. The van der Waals surface area contributed by atoms with Gasteiger partial charge in [-0.15, -0.1) is 5.10 Å². The molecule has 3 heterocycles. The third kappa shape index (κ3) is 4.57. The molecule has 0 spiro atoms. The van der Waals surface area contributed by atoms with E-state index in [0.29, 0.717) is 31.6 Å². The van der Waals surface area contributed by atoms with E-state index in [2.05, 4.69) is 66.3 Å². The first kappa shape index (κ1) is 21.3. The number of nitrogens with one attached hydrogen (secondary N) is 3. The Bertz CT molecular complexity index is 1320. The first-order valence-electron chi connectivity index (χ1n) is 11.9. The number of hydrogen-bond acceptors (Lipinski definition) is 6. The van der Waals surface area contributed by atoms with Crippen LogP contribution < -0.4 is 10.6 Å². The number of benzene rings is 2. The maximum absolute atomic E-state index is 12.6. The minimum absolute atomic E-state index is 0.100. The summed E-state index contributed by atoms with van der Waals surface area (Å²) in [6.07, 6.45) is 6.42. The number of aromatic nitrogens is 5. The van der Waals surface area contributed by atoms with Crippen LogP contribution in [0.25, 0.3) is 11.1 Å². The molecule has 0 saturated carbocycles. The smallest absolute Gasteiger partial charge is 0.318 e. The summed E-state index contributed by atoms with van der Waals surface area (Å²) in [5.41, 5.74) is 7.61. The first-order chi connectivity index (χ1) is 17.2. The molecule has 2 aromatic carbocycles. The van der Waals surface area contributed by atoms with Gasteiger partial charge in [-0.1, -0.05) is 47.7 Å². The van der Waals surface area contributed by atoms with Crippen LogP contribution in [0.5, 0.6) is 0 Å². The molecule has 176 valence electrons. The van der Waals surface area contributed by atoms with Gasteiger partial charge in [0.05, 0.1) is 12.2 Å². The van der Waals surface area contributed by atoms with Crippen molar-refractivity contribution in [1.82, 2.24) is 35.6 Å².